The summed E-state index contributed by atoms with van der Waals surface area (Å²) in [6, 6.07) is 12.4. The molecule has 0 fully saturated rings. The van der Waals surface area contributed by atoms with Gasteiger partial charge < -0.3 is 10.6 Å². The fourth-order valence-corrected chi connectivity index (χ4v) is 2.56. The molecule has 0 aliphatic rings. The minimum Gasteiger partial charge on any atom is -0.354 e. The number of nitro groups is 1. The molecule has 154 valence electrons. The van der Waals surface area contributed by atoms with E-state index >= 15 is 0 Å². The van der Waals surface area contributed by atoms with E-state index in [9.17, 15) is 10.1 Å². The van der Waals surface area contributed by atoms with Crippen LogP contribution in [0.4, 0.5) is 5.69 Å². The Morgan fingerprint density at radius 1 is 1.24 bits per heavy atom. The Balaban J connectivity index is 0.00000300. The van der Waals surface area contributed by atoms with Gasteiger partial charge >= 0.3 is 0 Å². The molecule has 0 aliphatic carbocycles. The standard InChI is InChI=1S/C19H23N7O2.HI/c1-3-14(2)22-19(20-12-15-7-9-16(10-8-15)26(27)28)21-13-18-24-23-17-6-4-5-11-25(17)18;/h4-11,14H,3,12-13H2,1-2H3,(H2,20,21,22);1H. The lowest BCUT2D eigenvalue weighted by molar-refractivity contribution is -0.384. The van der Waals surface area contributed by atoms with Gasteiger partial charge in [0, 0.05) is 24.4 Å². The Kier molecular flexibility index (Phi) is 8.31. The van der Waals surface area contributed by atoms with Crippen molar-refractivity contribution in [2.24, 2.45) is 4.99 Å². The largest absolute Gasteiger partial charge is 0.354 e. The van der Waals surface area contributed by atoms with E-state index in [4.69, 9.17) is 0 Å². The number of halogens is 1. The molecular weight excluding hydrogens is 485 g/mol. The number of nitrogens with zero attached hydrogens (tertiary/aromatic N) is 5. The Labute approximate surface area is 185 Å². The molecule has 2 N–H and O–H groups in total. The van der Waals surface area contributed by atoms with Crippen LogP contribution < -0.4 is 10.6 Å². The van der Waals surface area contributed by atoms with Gasteiger partial charge in [0.05, 0.1) is 18.0 Å². The molecule has 2 aromatic heterocycles. The Morgan fingerprint density at radius 2 is 2.00 bits per heavy atom. The van der Waals surface area contributed by atoms with Crippen LogP contribution in [0.5, 0.6) is 0 Å². The summed E-state index contributed by atoms with van der Waals surface area (Å²) in [5.41, 5.74) is 1.75. The number of aliphatic imine (C=N–C) groups is 1. The molecule has 0 saturated carbocycles. The summed E-state index contributed by atoms with van der Waals surface area (Å²) in [5.74, 6) is 1.44. The van der Waals surface area contributed by atoms with Crippen LogP contribution >= 0.6 is 24.0 Å². The first-order valence-corrected chi connectivity index (χ1v) is 9.13. The molecule has 0 amide bonds. The van der Waals surface area contributed by atoms with Crippen molar-refractivity contribution in [3.05, 3.63) is 70.2 Å². The maximum Gasteiger partial charge on any atom is 0.269 e. The molecule has 29 heavy (non-hydrogen) atoms. The molecule has 3 aromatic rings. The zero-order valence-electron chi connectivity index (χ0n) is 16.3. The molecule has 2 heterocycles. The SMILES string of the molecule is CCC(C)NC(=NCc1ccc([N+](=O)[O-])cc1)NCc1nnc2ccccn12.I. The molecule has 0 radical (unpaired) electrons. The molecule has 1 atom stereocenters. The Bertz CT molecular complexity index is 972. The number of non-ortho nitro benzene ring substituents is 1. The van der Waals surface area contributed by atoms with Crippen LogP contribution in [0.15, 0.2) is 53.7 Å². The number of aromatic nitrogens is 3. The Morgan fingerprint density at radius 3 is 2.69 bits per heavy atom. The van der Waals surface area contributed by atoms with Gasteiger partial charge in [0.25, 0.3) is 5.69 Å². The minimum atomic E-state index is -0.409. The van der Waals surface area contributed by atoms with E-state index in [1.165, 1.54) is 12.1 Å². The summed E-state index contributed by atoms with van der Waals surface area (Å²) < 4.78 is 1.92. The number of guanidine groups is 1. The van der Waals surface area contributed by atoms with Gasteiger partial charge in [-0.15, -0.1) is 34.2 Å². The summed E-state index contributed by atoms with van der Waals surface area (Å²) in [7, 11) is 0. The topological polar surface area (TPSA) is 110 Å². The van der Waals surface area contributed by atoms with Gasteiger partial charge in [-0.1, -0.05) is 25.1 Å². The lowest BCUT2D eigenvalue weighted by atomic mass is 10.2. The van der Waals surface area contributed by atoms with E-state index in [1.54, 1.807) is 12.1 Å². The van der Waals surface area contributed by atoms with Crippen LogP contribution in [0.3, 0.4) is 0 Å². The number of fused-ring (bicyclic) bond motifs is 1. The number of benzene rings is 1. The van der Waals surface area contributed by atoms with Crippen molar-refractivity contribution in [1.29, 1.82) is 0 Å². The van der Waals surface area contributed by atoms with Gasteiger partial charge in [0.15, 0.2) is 17.4 Å². The molecule has 0 spiro atoms. The molecule has 3 rings (SSSR count). The molecule has 0 bridgehead atoms. The first kappa shape index (κ1) is 22.5. The third kappa shape index (κ3) is 6.11. The monoisotopic (exact) mass is 509 g/mol. The number of nitrogens with one attached hydrogen (secondary N) is 2. The van der Waals surface area contributed by atoms with Crippen LogP contribution in [0.1, 0.15) is 31.7 Å². The smallest absolute Gasteiger partial charge is 0.269 e. The normalized spacial score (nSPS) is 12.3. The van der Waals surface area contributed by atoms with Crippen LogP contribution in [0.2, 0.25) is 0 Å². The summed E-state index contributed by atoms with van der Waals surface area (Å²) >= 11 is 0. The highest BCUT2D eigenvalue weighted by Crippen LogP contribution is 2.12. The second-order valence-electron chi connectivity index (χ2n) is 6.44. The van der Waals surface area contributed by atoms with Crippen molar-refractivity contribution in [3.63, 3.8) is 0 Å². The predicted molar refractivity (Wildman–Crippen MR) is 122 cm³/mol. The third-order valence-corrected chi connectivity index (χ3v) is 4.36. The average molecular weight is 509 g/mol. The van der Waals surface area contributed by atoms with Crippen LogP contribution in [-0.2, 0) is 13.1 Å². The van der Waals surface area contributed by atoms with Crippen molar-refractivity contribution in [1.82, 2.24) is 25.2 Å². The molecule has 1 aromatic carbocycles. The lowest BCUT2D eigenvalue weighted by Crippen LogP contribution is -2.42. The fourth-order valence-electron chi connectivity index (χ4n) is 2.56. The fraction of sp³-hybridized carbons (Fsp3) is 0.316. The first-order chi connectivity index (χ1) is 13.6. The third-order valence-electron chi connectivity index (χ3n) is 4.36. The van der Waals surface area contributed by atoms with E-state index in [0.717, 1.165) is 23.5 Å². The van der Waals surface area contributed by atoms with Crippen LogP contribution in [0, 0.1) is 10.1 Å². The number of hydrogen-bond donors (Lipinski definition) is 2. The quantitative estimate of drug-likeness (QED) is 0.166. The molecule has 10 heteroatoms. The van der Waals surface area contributed by atoms with E-state index < -0.39 is 4.92 Å². The van der Waals surface area contributed by atoms with Gasteiger partial charge in [-0.05, 0) is 31.0 Å². The Hall–Kier alpha value is -2.76. The molecule has 0 aliphatic heterocycles. The van der Waals surface area contributed by atoms with Crippen LogP contribution in [-0.4, -0.2) is 31.5 Å². The number of nitro benzene ring substituents is 1. The van der Waals surface area contributed by atoms with Gasteiger partial charge in [0.2, 0.25) is 0 Å². The maximum atomic E-state index is 10.8. The summed E-state index contributed by atoms with van der Waals surface area (Å²) in [6.45, 7) is 5.05. The van der Waals surface area contributed by atoms with E-state index in [0.29, 0.717) is 19.0 Å². The zero-order chi connectivity index (χ0) is 19.9. The lowest BCUT2D eigenvalue weighted by Gasteiger charge is -2.16. The highest BCUT2D eigenvalue weighted by molar-refractivity contribution is 14.0. The van der Waals surface area contributed by atoms with E-state index in [-0.39, 0.29) is 35.7 Å². The second kappa shape index (κ2) is 10.7. The van der Waals surface area contributed by atoms with Crippen molar-refractivity contribution in [2.75, 3.05) is 0 Å². The average Bonchev–Trinajstić information content (AvgIpc) is 3.13. The van der Waals surface area contributed by atoms with Crippen molar-refractivity contribution in [3.8, 4) is 0 Å². The molecular formula is C19H24IN7O2. The summed E-state index contributed by atoms with van der Waals surface area (Å²) in [6.07, 6.45) is 2.87. The van der Waals surface area contributed by atoms with Crippen molar-refractivity contribution < 1.29 is 4.92 Å². The summed E-state index contributed by atoms with van der Waals surface area (Å²) in [5, 5.41) is 25.8. The van der Waals surface area contributed by atoms with Gasteiger partial charge in [-0.3, -0.25) is 14.5 Å². The number of rotatable bonds is 7. The van der Waals surface area contributed by atoms with Gasteiger partial charge in [-0.25, -0.2) is 4.99 Å². The highest BCUT2D eigenvalue weighted by atomic mass is 127. The maximum absolute atomic E-state index is 10.8. The number of hydrogen-bond acceptors (Lipinski definition) is 5. The van der Waals surface area contributed by atoms with Gasteiger partial charge in [0.1, 0.15) is 0 Å². The van der Waals surface area contributed by atoms with Crippen LogP contribution in [0.25, 0.3) is 5.65 Å². The second-order valence-corrected chi connectivity index (χ2v) is 6.44. The minimum absolute atomic E-state index is 0. The highest BCUT2D eigenvalue weighted by Gasteiger charge is 2.08. The van der Waals surface area contributed by atoms with Crippen molar-refractivity contribution >= 4 is 41.3 Å². The first-order valence-electron chi connectivity index (χ1n) is 9.13. The van der Waals surface area contributed by atoms with E-state index in [1.807, 2.05) is 28.8 Å². The zero-order valence-corrected chi connectivity index (χ0v) is 18.6. The summed E-state index contributed by atoms with van der Waals surface area (Å²) in [4.78, 5) is 15.0. The van der Waals surface area contributed by atoms with Gasteiger partial charge in [-0.2, -0.15) is 0 Å². The molecule has 0 saturated heterocycles. The molecule has 1 unspecified atom stereocenters. The van der Waals surface area contributed by atoms with E-state index in [2.05, 4.69) is 39.7 Å². The predicted octanol–water partition coefficient (Wildman–Crippen LogP) is 3.29. The molecule has 9 nitrogen and oxygen atoms in total. The number of pyridine rings is 1. The van der Waals surface area contributed by atoms with Crippen molar-refractivity contribution in [2.45, 2.75) is 39.4 Å².